The molecule has 2 atom stereocenters. The minimum atomic E-state index is -0.396. The molecule has 0 bridgehead atoms. The molecule has 2 aliphatic rings. The molecule has 6 heteroatoms. The van der Waals surface area contributed by atoms with Gasteiger partial charge in [-0.05, 0) is 13.5 Å². The Hall–Kier alpha value is -1.14. The molecule has 2 rings (SSSR count). The minimum Gasteiger partial charge on any atom is -0.374 e. The monoisotopic (exact) mass is 255 g/mol. The van der Waals surface area contributed by atoms with Crippen LogP contribution in [-0.4, -0.2) is 73.1 Å². The Morgan fingerprint density at radius 1 is 1.44 bits per heavy atom. The summed E-state index contributed by atoms with van der Waals surface area (Å²) in [6.45, 7) is 7.94. The van der Waals surface area contributed by atoms with E-state index in [4.69, 9.17) is 4.74 Å². The van der Waals surface area contributed by atoms with Gasteiger partial charge in [0.05, 0.1) is 19.3 Å². The minimum absolute atomic E-state index is 0.0102. The van der Waals surface area contributed by atoms with Crippen LogP contribution in [0.25, 0.3) is 0 Å². The maximum absolute atomic E-state index is 11.8. The molecule has 18 heavy (non-hydrogen) atoms. The molecular weight excluding hydrogens is 234 g/mol. The zero-order chi connectivity index (χ0) is 13.1. The summed E-state index contributed by atoms with van der Waals surface area (Å²) in [7, 11) is 0. The number of nitrogens with one attached hydrogen (secondary N) is 1. The maximum atomic E-state index is 11.8. The topological polar surface area (TPSA) is 61.9 Å². The van der Waals surface area contributed by atoms with Crippen LogP contribution in [0.1, 0.15) is 13.8 Å². The predicted molar refractivity (Wildman–Crippen MR) is 66.0 cm³/mol. The molecule has 2 unspecified atom stereocenters. The van der Waals surface area contributed by atoms with E-state index >= 15 is 0 Å². The summed E-state index contributed by atoms with van der Waals surface area (Å²) in [5, 5.41) is 2.59. The summed E-state index contributed by atoms with van der Waals surface area (Å²) in [4.78, 5) is 27.3. The van der Waals surface area contributed by atoms with Gasteiger partial charge in [0, 0.05) is 19.6 Å². The second-order valence-corrected chi connectivity index (χ2v) is 4.83. The highest BCUT2D eigenvalue weighted by molar-refractivity contribution is 5.94. The van der Waals surface area contributed by atoms with E-state index < -0.39 is 6.04 Å². The van der Waals surface area contributed by atoms with E-state index in [0.29, 0.717) is 13.2 Å². The van der Waals surface area contributed by atoms with Crippen LogP contribution in [0.2, 0.25) is 0 Å². The number of carbonyl (C=O) groups is 2. The fraction of sp³-hybridized carbons (Fsp3) is 0.833. The van der Waals surface area contributed by atoms with Crippen molar-refractivity contribution >= 4 is 11.8 Å². The Morgan fingerprint density at radius 3 is 2.94 bits per heavy atom. The predicted octanol–water partition coefficient (Wildman–Crippen LogP) is -0.946. The average molecular weight is 255 g/mol. The largest absolute Gasteiger partial charge is 0.374 e. The van der Waals surface area contributed by atoms with E-state index in [-0.39, 0.29) is 24.5 Å². The molecule has 2 amide bonds. The summed E-state index contributed by atoms with van der Waals surface area (Å²) in [5.41, 5.74) is 0. The molecular formula is C12H21N3O3. The molecule has 0 saturated carbocycles. The summed E-state index contributed by atoms with van der Waals surface area (Å²) in [6.07, 6.45) is 0.0102. The van der Waals surface area contributed by atoms with E-state index in [1.165, 1.54) is 0 Å². The quantitative estimate of drug-likeness (QED) is 0.706. The first-order valence-electron chi connectivity index (χ1n) is 6.53. The van der Waals surface area contributed by atoms with Gasteiger partial charge in [0.1, 0.15) is 6.04 Å². The molecule has 0 radical (unpaired) electrons. The van der Waals surface area contributed by atoms with Gasteiger partial charge in [0.2, 0.25) is 11.8 Å². The van der Waals surface area contributed by atoms with Crippen molar-refractivity contribution in [2.75, 3.05) is 39.3 Å². The van der Waals surface area contributed by atoms with Crippen LogP contribution >= 0.6 is 0 Å². The number of amides is 2. The highest BCUT2D eigenvalue weighted by Gasteiger charge is 2.33. The third-order valence-corrected chi connectivity index (χ3v) is 3.65. The maximum Gasteiger partial charge on any atom is 0.242 e. The fourth-order valence-corrected chi connectivity index (χ4v) is 2.43. The van der Waals surface area contributed by atoms with Crippen molar-refractivity contribution < 1.29 is 14.3 Å². The van der Waals surface area contributed by atoms with Gasteiger partial charge in [-0.1, -0.05) is 6.92 Å². The zero-order valence-electron chi connectivity index (χ0n) is 11.0. The molecule has 2 aliphatic heterocycles. The van der Waals surface area contributed by atoms with Crippen LogP contribution in [0, 0.1) is 0 Å². The number of likely N-dealkylation sites (N-methyl/N-ethyl adjacent to an activating group) is 1. The standard InChI is InChI=1S/C12H21N3O3/c1-3-14-4-5-18-10(7-14)8-15-9(2)12(17)13-6-11(15)16/h9-10H,3-8H2,1-2H3,(H,13,17). The fourth-order valence-electron chi connectivity index (χ4n) is 2.43. The Bertz CT molecular complexity index is 335. The number of nitrogens with zero attached hydrogens (tertiary/aromatic N) is 2. The Labute approximate surface area is 107 Å². The number of piperazine rings is 1. The average Bonchev–Trinajstić information content (AvgIpc) is 2.39. The Morgan fingerprint density at radius 2 is 2.22 bits per heavy atom. The van der Waals surface area contributed by atoms with Gasteiger partial charge in [-0.25, -0.2) is 0 Å². The van der Waals surface area contributed by atoms with Gasteiger partial charge in [-0.2, -0.15) is 0 Å². The van der Waals surface area contributed by atoms with Gasteiger partial charge in [0.25, 0.3) is 0 Å². The molecule has 2 saturated heterocycles. The Balaban J connectivity index is 1.94. The summed E-state index contributed by atoms with van der Waals surface area (Å²) in [5.74, 6) is -0.114. The van der Waals surface area contributed by atoms with E-state index in [1.54, 1.807) is 11.8 Å². The second kappa shape index (κ2) is 5.67. The molecule has 0 aromatic heterocycles. The SMILES string of the molecule is CCN1CCOC(CN2C(=O)CNC(=O)C2C)C1. The van der Waals surface area contributed by atoms with Crippen LogP contribution in [0.5, 0.6) is 0 Å². The van der Waals surface area contributed by atoms with Crippen LogP contribution in [0.15, 0.2) is 0 Å². The van der Waals surface area contributed by atoms with Crippen molar-refractivity contribution in [3.8, 4) is 0 Å². The lowest BCUT2D eigenvalue weighted by molar-refractivity contribution is -0.148. The molecule has 0 spiro atoms. The van der Waals surface area contributed by atoms with Gasteiger partial charge < -0.3 is 15.0 Å². The summed E-state index contributed by atoms with van der Waals surface area (Å²) in [6, 6.07) is -0.396. The first kappa shape index (κ1) is 13.3. The van der Waals surface area contributed by atoms with Gasteiger partial charge in [-0.3, -0.25) is 14.5 Å². The van der Waals surface area contributed by atoms with Crippen LogP contribution in [-0.2, 0) is 14.3 Å². The van der Waals surface area contributed by atoms with Crippen molar-refractivity contribution in [3.63, 3.8) is 0 Å². The van der Waals surface area contributed by atoms with E-state index in [9.17, 15) is 9.59 Å². The number of rotatable bonds is 3. The van der Waals surface area contributed by atoms with Crippen LogP contribution in [0.3, 0.4) is 0 Å². The molecule has 0 aliphatic carbocycles. The highest BCUT2D eigenvalue weighted by atomic mass is 16.5. The molecule has 6 nitrogen and oxygen atoms in total. The van der Waals surface area contributed by atoms with Crippen molar-refractivity contribution in [3.05, 3.63) is 0 Å². The normalized spacial score (nSPS) is 30.4. The van der Waals surface area contributed by atoms with Gasteiger partial charge in [-0.15, -0.1) is 0 Å². The number of carbonyl (C=O) groups excluding carboxylic acids is 2. The smallest absolute Gasteiger partial charge is 0.242 e. The van der Waals surface area contributed by atoms with Crippen molar-refractivity contribution in [2.24, 2.45) is 0 Å². The molecule has 0 aromatic rings. The number of morpholine rings is 1. The molecule has 2 heterocycles. The zero-order valence-corrected chi connectivity index (χ0v) is 11.0. The number of hydrogen-bond acceptors (Lipinski definition) is 4. The molecule has 1 N–H and O–H groups in total. The second-order valence-electron chi connectivity index (χ2n) is 4.83. The van der Waals surface area contributed by atoms with Crippen molar-refractivity contribution in [1.82, 2.24) is 15.1 Å². The van der Waals surface area contributed by atoms with Crippen LogP contribution < -0.4 is 5.32 Å². The number of hydrogen-bond donors (Lipinski definition) is 1. The lowest BCUT2D eigenvalue weighted by Crippen LogP contribution is -2.60. The van der Waals surface area contributed by atoms with Crippen LogP contribution in [0.4, 0.5) is 0 Å². The first-order chi connectivity index (χ1) is 8.61. The third-order valence-electron chi connectivity index (χ3n) is 3.65. The molecule has 2 fully saturated rings. The summed E-state index contributed by atoms with van der Waals surface area (Å²) < 4.78 is 5.68. The number of ether oxygens (including phenoxy) is 1. The molecule has 0 aromatic carbocycles. The van der Waals surface area contributed by atoms with Gasteiger partial charge >= 0.3 is 0 Å². The Kier molecular flexibility index (Phi) is 4.19. The lowest BCUT2D eigenvalue weighted by Gasteiger charge is -2.38. The van der Waals surface area contributed by atoms with Gasteiger partial charge in [0.15, 0.2) is 0 Å². The molecule has 102 valence electrons. The van der Waals surface area contributed by atoms with E-state index in [1.807, 2.05) is 0 Å². The highest BCUT2D eigenvalue weighted by Crippen LogP contribution is 2.11. The third kappa shape index (κ3) is 2.81. The van der Waals surface area contributed by atoms with E-state index in [0.717, 1.165) is 19.6 Å². The van der Waals surface area contributed by atoms with Crippen molar-refractivity contribution in [1.29, 1.82) is 0 Å². The van der Waals surface area contributed by atoms with E-state index in [2.05, 4.69) is 17.1 Å². The lowest BCUT2D eigenvalue weighted by atomic mass is 10.1. The summed E-state index contributed by atoms with van der Waals surface area (Å²) >= 11 is 0. The van der Waals surface area contributed by atoms with Crippen molar-refractivity contribution in [2.45, 2.75) is 26.0 Å². The first-order valence-corrected chi connectivity index (χ1v) is 6.53.